The summed E-state index contributed by atoms with van der Waals surface area (Å²) in [5.74, 6) is -2.25. The summed E-state index contributed by atoms with van der Waals surface area (Å²) in [6, 6.07) is 17.5. The van der Waals surface area contributed by atoms with Crippen molar-refractivity contribution in [1.29, 1.82) is 0 Å². The molecule has 0 aromatic heterocycles. The molecule has 0 bridgehead atoms. The first kappa shape index (κ1) is 26.8. The van der Waals surface area contributed by atoms with Gasteiger partial charge in [-0.25, -0.2) is 0 Å². The van der Waals surface area contributed by atoms with Crippen LogP contribution in [0.4, 0.5) is 11.4 Å². The molecule has 0 fully saturated rings. The first-order valence-corrected chi connectivity index (χ1v) is 12.6. The van der Waals surface area contributed by atoms with E-state index in [4.69, 9.17) is 5.11 Å². The molecule has 1 aliphatic heterocycles. The van der Waals surface area contributed by atoms with Crippen molar-refractivity contribution in [2.24, 2.45) is 0 Å². The van der Waals surface area contributed by atoms with Gasteiger partial charge in [-0.05, 0) is 54.9 Å². The molecule has 1 aliphatic rings. The number of carbonyl (C=O) groups excluding carboxylic acids is 3. The van der Waals surface area contributed by atoms with E-state index < -0.39 is 24.0 Å². The molecular weight excluding hydrogens is 484 g/mol. The molecule has 38 heavy (non-hydrogen) atoms. The summed E-state index contributed by atoms with van der Waals surface area (Å²) in [7, 11) is 1.65. The first-order chi connectivity index (χ1) is 18.2. The van der Waals surface area contributed by atoms with Crippen molar-refractivity contribution in [3.63, 3.8) is 0 Å². The molecule has 0 unspecified atom stereocenters. The third-order valence-electron chi connectivity index (χ3n) is 6.98. The highest BCUT2D eigenvalue weighted by molar-refractivity contribution is 6.08. The van der Waals surface area contributed by atoms with Crippen molar-refractivity contribution in [2.45, 2.75) is 45.3 Å². The summed E-state index contributed by atoms with van der Waals surface area (Å²) >= 11 is 0. The molecule has 0 radical (unpaired) electrons. The lowest BCUT2D eigenvalue weighted by Crippen LogP contribution is -2.55. The van der Waals surface area contributed by atoms with Gasteiger partial charge in [0.1, 0.15) is 6.04 Å². The molecule has 2 atom stereocenters. The standard InChI is InChI=1S/C29H32N4O5/c1-18-12-13-20-8-4-5-9-21(20)22(18)16-33-25-11-7-6-10-24(25)32(26(34)14-15-27(35)36)17-23(29(33)38)31-28(37)19(2)30-3/h4-13,19,23,30H,14-17H2,1-3H3,(H,31,37)(H,35,36)/t19-,23-/m0/s1. The van der Waals surface area contributed by atoms with Crippen molar-refractivity contribution >= 4 is 45.8 Å². The SMILES string of the molecule is CN[C@@H](C)C(=O)N[C@H]1CN(C(=O)CCC(=O)O)c2ccccc2N(Cc2c(C)ccc3ccccc23)C1=O. The predicted octanol–water partition coefficient (Wildman–Crippen LogP) is 2.99. The zero-order valence-corrected chi connectivity index (χ0v) is 21.7. The summed E-state index contributed by atoms with van der Waals surface area (Å²) in [5, 5.41) is 16.9. The summed E-state index contributed by atoms with van der Waals surface area (Å²) in [5.41, 5.74) is 2.99. The van der Waals surface area contributed by atoms with Crippen LogP contribution in [0.2, 0.25) is 0 Å². The highest BCUT2D eigenvalue weighted by Gasteiger charge is 2.37. The molecule has 9 heteroatoms. The number of amides is 3. The van der Waals surface area contributed by atoms with Gasteiger partial charge in [-0.1, -0.05) is 48.5 Å². The normalized spacial score (nSPS) is 16.1. The second-order valence-electron chi connectivity index (χ2n) is 9.46. The lowest BCUT2D eigenvalue weighted by Gasteiger charge is -2.27. The number of aliphatic carboxylic acids is 1. The second-order valence-corrected chi connectivity index (χ2v) is 9.46. The lowest BCUT2D eigenvalue weighted by atomic mass is 9.99. The lowest BCUT2D eigenvalue weighted by molar-refractivity contribution is -0.138. The molecule has 3 amide bonds. The zero-order valence-electron chi connectivity index (χ0n) is 21.7. The maximum absolute atomic E-state index is 14.1. The first-order valence-electron chi connectivity index (χ1n) is 12.6. The van der Waals surface area contributed by atoms with E-state index >= 15 is 0 Å². The van der Waals surface area contributed by atoms with E-state index in [9.17, 15) is 19.2 Å². The van der Waals surface area contributed by atoms with Crippen LogP contribution in [0.15, 0.2) is 60.7 Å². The minimum Gasteiger partial charge on any atom is -0.481 e. The average Bonchev–Trinajstić information content (AvgIpc) is 3.03. The number of hydrogen-bond donors (Lipinski definition) is 3. The summed E-state index contributed by atoms with van der Waals surface area (Å²) in [4.78, 5) is 54.4. The fourth-order valence-electron chi connectivity index (χ4n) is 4.68. The van der Waals surface area contributed by atoms with E-state index in [1.165, 1.54) is 4.90 Å². The Labute approximate surface area is 221 Å². The van der Waals surface area contributed by atoms with Crippen LogP contribution in [-0.4, -0.2) is 54.5 Å². The summed E-state index contributed by atoms with van der Waals surface area (Å²) in [6.45, 7) is 3.79. The molecule has 1 heterocycles. The predicted molar refractivity (Wildman–Crippen MR) is 146 cm³/mol. The Morgan fingerprint density at radius 2 is 1.68 bits per heavy atom. The van der Waals surface area contributed by atoms with Crippen molar-refractivity contribution in [1.82, 2.24) is 10.6 Å². The van der Waals surface area contributed by atoms with Gasteiger partial charge in [0.05, 0.1) is 36.9 Å². The fourth-order valence-corrected chi connectivity index (χ4v) is 4.68. The van der Waals surface area contributed by atoms with Gasteiger partial charge in [0.2, 0.25) is 11.8 Å². The summed E-state index contributed by atoms with van der Waals surface area (Å²) < 4.78 is 0. The monoisotopic (exact) mass is 516 g/mol. The Kier molecular flexibility index (Phi) is 8.07. The van der Waals surface area contributed by atoms with E-state index in [1.54, 1.807) is 43.1 Å². The molecule has 3 aromatic carbocycles. The number of nitrogens with one attached hydrogen (secondary N) is 2. The average molecular weight is 517 g/mol. The number of rotatable bonds is 8. The molecule has 0 saturated heterocycles. The highest BCUT2D eigenvalue weighted by Crippen LogP contribution is 2.36. The van der Waals surface area contributed by atoms with E-state index in [0.717, 1.165) is 21.9 Å². The molecule has 0 aliphatic carbocycles. The number of carboxylic acids is 1. The number of benzene rings is 3. The molecule has 3 aromatic rings. The van der Waals surface area contributed by atoms with Crippen molar-refractivity contribution in [2.75, 3.05) is 23.4 Å². The zero-order chi connectivity index (χ0) is 27.4. The van der Waals surface area contributed by atoms with E-state index in [1.807, 2.05) is 43.3 Å². The Balaban J connectivity index is 1.82. The van der Waals surface area contributed by atoms with Crippen LogP contribution in [0.25, 0.3) is 10.8 Å². The van der Waals surface area contributed by atoms with Gasteiger partial charge >= 0.3 is 5.97 Å². The van der Waals surface area contributed by atoms with Gasteiger partial charge in [-0.2, -0.15) is 0 Å². The second kappa shape index (κ2) is 11.4. The molecule has 0 saturated carbocycles. The smallest absolute Gasteiger partial charge is 0.303 e. The van der Waals surface area contributed by atoms with Crippen LogP contribution in [0.3, 0.4) is 0 Å². The Bertz CT molecular complexity index is 1390. The molecule has 4 rings (SSSR count). The third-order valence-corrected chi connectivity index (χ3v) is 6.98. The molecular formula is C29H32N4O5. The van der Waals surface area contributed by atoms with Gasteiger partial charge in [-0.3, -0.25) is 19.2 Å². The van der Waals surface area contributed by atoms with Crippen molar-refractivity contribution < 1.29 is 24.3 Å². The van der Waals surface area contributed by atoms with Crippen LogP contribution in [-0.2, 0) is 25.7 Å². The number of fused-ring (bicyclic) bond motifs is 2. The van der Waals surface area contributed by atoms with Gasteiger partial charge in [0.15, 0.2) is 0 Å². The number of nitrogens with zero attached hydrogens (tertiary/aromatic N) is 2. The van der Waals surface area contributed by atoms with Crippen LogP contribution < -0.4 is 20.4 Å². The number of hydrogen-bond acceptors (Lipinski definition) is 5. The molecule has 9 nitrogen and oxygen atoms in total. The van der Waals surface area contributed by atoms with Crippen LogP contribution in [0, 0.1) is 6.92 Å². The van der Waals surface area contributed by atoms with Crippen molar-refractivity contribution in [3.05, 3.63) is 71.8 Å². The van der Waals surface area contributed by atoms with Crippen LogP contribution >= 0.6 is 0 Å². The highest BCUT2D eigenvalue weighted by atomic mass is 16.4. The Morgan fingerprint density at radius 3 is 2.39 bits per heavy atom. The fraction of sp³-hybridized carbons (Fsp3) is 0.310. The maximum Gasteiger partial charge on any atom is 0.303 e. The minimum atomic E-state index is -1.08. The Hall–Kier alpha value is -4.24. The number of carboxylic acid groups (broad SMARTS) is 1. The van der Waals surface area contributed by atoms with E-state index in [0.29, 0.717) is 11.4 Å². The summed E-state index contributed by atoms with van der Waals surface area (Å²) in [6.07, 6.45) is -0.563. The molecule has 198 valence electrons. The van der Waals surface area contributed by atoms with Gasteiger partial charge in [-0.15, -0.1) is 0 Å². The van der Waals surface area contributed by atoms with E-state index in [2.05, 4.69) is 10.6 Å². The third kappa shape index (κ3) is 5.52. The Morgan fingerprint density at radius 1 is 1.00 bits per heavy atom. The molecule has 3 N–H and O–H groups in total. The number of aryl methyl sites for hydroxylation is 1. The number of likely N-dealkylation sites (N-methyl/N-ethyl adjacent to an activating group) is 1. The van der Waals surface area contributed by atoms with Gasteiger partial charge in [0, 0.05) is 6.42 Å². The number of para-hydroxylation sites is 2. The van der Waals surface area contributed by atoms with E-state index in [-0.39, 0.29) is 37.7 Å². The molecule has 0 spiro atoms. The largest absolute Gasteiger partial charge is 0.481 e. The minimum absolute atomic E-state index is 0.110. The topological polar surface area (TPSA) is 119 Å². The van der Waals surface area contributed by atoms with Crippen molar-refractivity contribution in [3.8, 4) is 0 Å². The number of anilines is 2. The number of carbonyl (C=O) groups is 4. The van der Waals surface area contributed by atoms with Gasteiger partial charge < -0.3 is 25.5 Å². The quantitative estimate of drug-likeness (QED) is 0.424. The van der Waals surface area contributed by atoms with Crippen LogP contribution in [0.5, 0.6) is 0 Å². The van der Waals surface area contributed by atoms with Crippen LogP contribution in [0.1, 0.15) is 30.9 Å². The van der Waals surface area contributed by atoms with Gasteiger partial charge in [0.25, 0.3) is 5.91 Å². The maximum atomic E-state index is 14.1.